The maximum absolute atomic E-state index is 9.37. The molecule has 0 saturated carbocycles. The highest BCUT2D eigenvalue weighted by Crippen LogP contribution is 2.25. The monoisotopic (exact) mass is 298 g/mol. The fraction of sp³-hybridized carbons (Fsp3) is 0.421. The average molecular weight is 298 g/mol. The summed E-state index contributed by atoms with van der Waals surface area (Å²) < 4.78 is 0. The molecule has 2 N–H and O–H groups in total. The molecule has 0 aliphatic heterocycles. The summed E-state index contributed by atoms with van der Waals surface area (Å²) in [6, 6.07) is 14.9. The topological polar surface area (TPSA) is 44.6 Å². The highest BCUT2D eigenvalue weighted by molar-refractivity contribution is 5.86. The van der Waals surface area contributed by atoms with Gasteiger partial charge in [0.05, 0.1) is 25.0 Å². The molecule has 0 radical (unpaired) electrons. The van der Waals surface area contributed by atoms with Gasteiger partial charge in [0.25, 0.3) is 0 Å². The number of benzene rings is 2. The molecule has 2 rings (SSSR count). The molecule has 0 aliphatic carbocycles. The minimum Gasteiger partial charge on any atom is -0.394 e. The van der Waals surface area contributed by atoms with Gasteiger partial charge in [0.1, 0.15) is 0 Å². The third kappa shape index (κ3) is 4.31. The molecular formula is C19H26N2O. The number of hydrogen-bond donors (Lipinski definition) is 2. The van der Waals surface area contributed by atoms with Crippen molar-refractivity contribution in [2.24, 2.45) is 10.9 Å². The van der Waals surface area contributed by atoms with Gasteiger partial charge in [-0.25, -0.2) is 0 Å². The van der Waals surface area contributed by atoms with Gasteiger partial charge in [0.15, 0.2) is 0 Å². The maximum Gasteiger partial charge on any atom is 0.0834 e. The Morgan fingerprint density at radius 2 is 1.82 bits per heavy atom. The van der Waals surface area contributed by atoms with Gasteiger partial charge in [-0.15, -0.1) is 0 Å². The SMILES string of the molecule is CC(C)C[C@@H](CO)NC=N[C@H](C)c1cccc2ccccc12. The van der Waals surface area contributed by atoms with Crippen LogP contribution in [0.3, 0.4) is 0 Å². The Bertz CT molecular complexity index is 616. The van der Waals surface area contributed by atoms with Crippen LogP contribution in [0.15, 0.2) is 47.5 Å². The van der Waals surface area contributed by atoms with E-state index in [4.69, 9.17) is 0 Å². The van der Waals surface area contributed by atoms with Crippen molar-refractivity contribution in [3.63, 3.8) is 0 Å². The van der Waals surface area contributed by atoms with Crippen LogP contribution < -0.4 is 5.32 Å². The summed E-state index contributed by atoms with van der Waals surface area (Å²) in [7, 11) is 0. The second-order valence-electron chi connectivity index (χ2n) is 6.20. The lowest BCUT2D eigenvalue weighted by Gasteiger charge is -2.17. The van der Waals surface area contributed by atoms with Crippen LogP contribution in [0.5, 0.6) is 0 Å². The average Bonchev–Trinajstić information content (AvgIpc) is 2.52. The lowest BCUT2D eigenvalue weighted by Crippen LogP contribution is -2.32. The van der Waals surface area contributed by atoms with Crippen LogP contribution in [0.2, 0.25) is 0 Å². The molecule has 2 aromatic rings. The number of aliphatic hydroxyl groups excluding tert-OH is 1. The molecule has 3 heteroatoms. The van der Waals surface area contributed by atoms with Crippen LogP contribution in [0.1, 0.15) is 38.8 Å². The second-order valence-corrected chi connectivity index (χ2v) is 6.20. The Kier molecular flexibility index (Phi) is 5.96. The second kappa shape index (κ2) is 7.95. The predicted molar refractivity (Wildman–Crippen MR) is 94.3 cm³/mol. The molecule has 0 amide bonds. The zero-order chi connectivity index (χ0) is 15.9. The first kappa shape index (κ1) is 16.5. The molecule has 0 aliphatic rings. The number of hydrogen-bond acceptors (Lipinski definition) is 2. The lowest BCUT2D eigenvalue weighted by atomic mass is 10.0. The van der Waals surface area contributed by atoms with Crippen LogP contribution >= 0.6 is 0 Å². The predicted octanol–water partition coefficient (Wildman–Crippen LogP) is 3.93. The summed E-state index contributed by atoms with van der Waals surface area (Å²) in [6.45, 7) is 6.53. The van der Waals surface area contributed by atoms with E-state index in [2.05, 4.69) is 73.5 Å². The van der Waals surface area contributed by atoms with Gasteiger partial charge in [-0.2, -0.15) is 0 Å². The number of fused-ring (bicyclic) bond motifs is 1. The molecule has 2 aromatic carbocycles. The number of aliphatic imine (C=N–C) groups is 1. The molecule has 0 unspecified atom stereocenters. The van der Waals surface area contributed by atoms with Gasteiger partial charge < -0.3 is 10.4 Å². The third-order valence-corrected chi connectivity index (χ3v) is 3.86. The maximum atomic E-state index is 9.37. The van der Waals surface area contributed by atoms with Crippen LogP contribution in [-0.4, -0.2) is 24.1 Å². The normalized spacial score (nSPS) is 14.6. The van der Waals surface area contributed by atoms with Crippen LogP contribution in [0.4, 0.5) is 0 Å². The third-order valence-electron chi connectivity index (χ3n) is 3.86. The van der Waals surface area contributed by atoms with E-state index in [9.17, 15) is 5.11 Å². The van der Waals surface area contributed by atoms with E-state index in [0.29, 0.717) is 5.92 Å². The van der Waals surface area contributed by atoms with Crippen LogP contribution in [0, 0.1) is 5.92 Å². The molecule has 2 atom stereocenters. The Morgan fingerprint density at radius 1 is 1.09 bits per heavy atom. The van der Waals surface area contributed by atoms with Gasteiger partial charge in [0, 0.05) is 0 Å². The first-order valence-corrected chi connectivity index (χ1v) is 7.98. The summed E-state index contributed by atoms with van der Waals surface area (Å²) in [5, 5.41) is 15.1. The Hall–Kier alpha value is -1.87. The van der Waals surface area contributed by atoms with Crippen molar-refractivity contribution in [2.45, 2.75) is 39.3 Å². The summed E-state index contributed by atoms with van der Waals surface area (Å²) in [6.07, 6.45) is 2.68. The molecular weight excluding hydrogens is 272 g/mol. The minimum atomic E-state index is 0.0727. The van der Waals surface area contributed by atoms with Crippen molar-refractivity contribution in [1.29, 1.82) is 0 Å². The van der Waals surface area contributed by atoms with Crippen molar-refractivity contribution in [2.75, 3.05) is 6.61 Å². The van der Waals surface area contributed by atoms with Gasteiger partial charge >= 0.3 is 0 Å². The molecule has 0 saturated heterocycles. The molecule has 22 heavy (non-hydrogen) atoms. The lowest BCUT2D eigenvalue weighted by molar-refractivity contribution is 0.239. The first-order chi connectivity index (χ1) is 10.6. The molecule has 0 fully saturated rings. The van der Waals surface area contributed by atoms with E-state index < -0.39 is 0 Å². The first-order valence-electron chi connectivity index (χ1n) is 7.98. The number of rotatable bonds is 7. The Balaban J connectivity index is 2.07. The number of aliphatic hydroxyl groups is 1. The molecule has 0 aromatic heterocycles. The van der Waals surface area contributed by atoms with Crippen LogP contribution in [-0.2, 0) is 0 Å². The highest BCUT2D eigenvalue weighted by Gasteiger charge is 2.09. The molecule has 118 valence electrons. The van der Waals surface area contributed by atoms with E-state index >= 15 is 0 Å². The van der Waals surface area contributed by atoms with Crippen molar-refractivity contribution >= 4 is 17.1 Å². The zero-order valence-electron chi connectivity index (χ0n) is 13.7. The smallest absolute Gasteiger partial charge is 0.0834 e. The van der Waals surface area contributed by atoms with Crippen molar-refractivity contribution in [3.8, 4) is 0 Å². The Morgan fingerprint density at radius 3 is 2.55 bits per heavy atom. The molecule has 0 bridgehead atoms. The van der Waals surface area contributed by atoms with Crippen molar-refractivity contribution < 1.29 is 5.11 Å². The van der Waals surface area contributed by atoms with Gasteiger partial charge in [0.2, 0.25) is 0 Å². The zero-order valence-corrected chi connectivity index (χ0v) is 13.7. The van der Waals surface area contributed by atoms with E-state index in [1.165, 1.54) is 16.3 Å². The van der Waals surface area contributed by atoms with E-state index in [1.54, 1.807) is 6.34 Å². The van der Waals surface area contributed by atoms with E-state index in [0.717, 1.165) is 6.42 Å². The van der Waals surface area contributed by atoms with Gasteiger partial charge in [-0.05, 0) is 35.6 Å². The molecule has 0 spiro atoms. The summed E-state index contributed by atoms with van der Waals surface area (Å²) in [5.41, 5.74) is 1.22. The summed E-state index contributed by atoms with van der Waals surface area (Å²) in [5.74, 6) is 0.550. The molecule has 0 heterocycles. The van der Waals surface area contributed by atoms with E-state index in [1.807, 2.05) is 0 Å². The van der Waals surface area contributed by atoms with E-state index in [-0.39, 0.29) is 18.7 Å². The van der Waals surface area contributed by atoms with Crippen LogP contribution in [0.25, 0.3) is 10.8 Å². The standard InChI is InChI=1S/C19H26N2O/c1-14(2)11-17(12-22)21-13-20-15(3)18-10-6-8-16-7-4-5-9-19(16)18/h4-10,13-15,17,22H,11-12H2,1-3H3,(H,20,21)/t15-,17+/m1/s1. The fourth-order valence-electron chi connectivity index (χ4n) is 2.72. The van der Waals surface area contributed by atoms with Crippen molar-refractivity contribution in [1.82, 2.24) is 5.32 Å². The van der Waals surface area contributed by atoms with Gasteiger partial charge in [-0.3, -0.25) is 4.99 Å². The summed E-state index contributed by atoms with van der Waals surface area (Å²) >= 11 is 0. The minimum absolute atomic E-state index is 0.0727. The number of nitrogens with zero attached hydrogens (tertiary/aromatic N) is 1. The number of nitrogens with one attached hydrogen (secondary N) is 1. The van der Waals surface area contributed by atoms with Crippen molar-refractivity contribution in [3.05, 3.63) is 48.0 Å². The quantitative estimate of drug-likeness (QED) is 0.601. The Labute approximate surface area is 133 Å². The highest BCUT2D eigenvalue weighted by atomic mass is 16.3. The van der Waals surface area contributed by atoms with Gasteiger partial charge in [-0.1, -0.05) is 56.3 Å². The fourth-order valence-corrected chi connectivity index (χ4v) is 2.72. The largest absolute Gasteiger partial charge is 0.394 e. The molecule has 3 nitrogen and oxygen atoms in total. The summed E-state index contributed by atoms with van der Waals surface area (Å²) in [4.78, 5) is 4.59.